The molecule has 2 N–H and O–H groups in total. The smallest absolute Gasteiger partial charge is 0.303 e. The Morgan fingerprint density at radius 2 is 1.90 bits per heavy atom. The molecule has 0 heterocycles. The average Bonchev–Trinajstić information content (AvgIpc) is 2.45. The van der Waals surface area contributed by atoms with Crippen LogP contribution in [0.4, 0.5) is 0 Å². The monoisotopic (exact) mass is 314 g/mol. The first-order valence-corrected chi connectivity index (χ1v) is 8.32. The van der Waals surface area contributed by atoms with E-state index in [2.05, 4.69) is 4.72 Å². The average molecular weight is 314 g/mol. The second kappa shape index (κ2) is 8.11. The number of aryl methyl sites for hydroxylation is 1. The lowest BCUT2D eigenvalue weighted by atomic mass is 10.1. The van der Waals surface area contributed by atoms with Crippen LogP contribution in [-0.4, -0.2) is 51.1 Å². The van der Waals surface area contributed by atoms with E-state index in [1.165, 1.54) is 12.1 Å². The minimum atomic E-state index is -3.51. The minimum Gasteiger partial charge on any atom is -0.481 e. The van der Waals surface area contributed by atoms with E-state index in [0.717, 1.165) is 12.1 Å². The molecule has 0 amide bonds. The maximum atomic E-state index is 12.1. The number of carboxylic acid groups (broad SMARTS) is 1. The van der Waals surface area contributed by atoms with Crippen LogP contribution in [-0.2, 0) is 21.2 Å². The van der Waals surface area contributed by atoms with Gasteiger partial charge in [0.05, 0.1) is 4.90 Å². The van der Waals surface area contributed by atoms with Crippen molar-refractivity contribution in [2.24, 2.45) is 0 Å². The molecule has 21 heavy (non-hydrogen) atoms. The van der Waals surface area contributed by atoms with E-state index >= 15 is 0 Å². The van der Waals surface area contributed by atoms with Crippen molar-refractivity contribution in [3.63, 3.8) is 0 Å². The number of aliphatic carboxylic acids is 1. The Labute approximate surface area is 125 Å². The molecule has 1 rings (SSSR count). The van der Waals surface area contributed by atoms with Crippen molar-refractivity contribution in [3.8, 4) is 0 Å². The van der Waals surface area contributed by atoms with Crippen LogP contribution in [0.25, 0.3) is 0 Å². The summed E-state index contributed by atoms with van der Waals surface area (Å²) in [6.45, 7) is 3.87. The summed E-state index contributed by atoms with van der Waals surface area (Å²) in [6, 6.07) is 6.30. The van der Waals surface area contributed by atoms with Crippen LogP contribution in [0.1, 0.15) is 18.9 Å². The second-order valence-electron chi connectivity index (χ2n) is 4.83. The van der Waals surface area contributed by atoms with Crippen LogP contribution in [0.3, 0.4) is 0 Å². The molecule has 0 fully saturated rings. The summed E-state index contributed by atoms with van der Waals surface area (Å²) in [5.41, 5.74) is 0.807. The Kier molecular flexibility index (Phi) is 6.80. The first-order chi connectivity index (χ1) is 9.85. The third kappa shape index (κ3) is 6.24. The van der Waals surface area contributed by atoms with Gasteiger partial charge < -0.3 is 10.0 Å². The van der Waals surface area contributed by atoms with E-state index < -0.39 is 16.0 Å². The van der Waals surface area contributed by atoms with Gasteiger partial charge in [0.25, 0.3) is 0 Å². The quantitative estimate of drug-likeness (QED) is 0.708. The molecule has 0 spiro atoms. The first kappa shape index (κ1) is 17.6. The molecule has 118 valence electrons. The fraction of sp³-hybridized carbons (Fsp3) is 0.500. The Bertz CT molecular complexity index is 555. The number of nitrogens with zero attached hydrogens (tertiary/aromatic N) is 1. The Balaban J connectivity index is 2.60. The van der Waals surface area contributed by atoms with Crippen molar-refractivity contribution >= 4 is 16.0 Å². The number of carbonyl (C=O) groups is 1. The molecule has 0 saturated heterocycles. The summed E-state index contributed by atoms with van der Waals surface area (Å²) in [6.07, 6.45) is 0.429. The molecular formula is C14H22N2O4S. The Morgan fingerprint density at radius 1 is 1.29 bits per heavy atom. The van der Waals surface area contributed by atoms with Gasteiger partial charge in [-0.15, -0.1) is 0 Å². The maximum Gasteiger partial charge on any atom is 0.303 e. The third-order valence-corrected chi connectivity index (χ3v) is 4.66. The standard InChI is InChI=1S/C14H22N2O4S/c1-3-16(2)11-10-15-21(19,20)13-7-4-12(5-8-13)6-9-14(17)18/h4-5,7-8,15H,3,6,9-11H2,1-2H3,(H,17,18). The number of sulfonamides is 1. The van der Waals surface area contributed by atoms with Gasteiger partial charge in [-0.05, 0) is 37.7 Å². The van der Waals surface area contributed by atoms with Crippen molar-refractivity contribution < 1.29 is 18.3 Å². The molecule has 1 aromatic rings. The first-order valence-electron chi connectivity index (χ1n) is 6.84. The van der Waals surface area contributed by atoms with Crippen molar-refractivity contribution in [2.45, 2.75) is 24.7 Å². The Morgan fingerprint density at radius 3 is 2.43 bits per heavy atom. The molecule has 0 bridgehead atoms. The van der Waals surface area contributed by atoms with Crippen molar-refractivity contribution in [3.05, 3.63) is 29.8 Å². The molecule has 0 aliphatic heterocycles. The van der Waals surface area contributed by atoms with Crippen LogP contribution in [0.5, 0.6) is 0 Å². The van der Waals surface area contributed by atoms with E-state index in [1.807, 2.05) is 18.9 Å². The van der Waals surface area contributed by atoms with Crippen molar-refractivity contribution in [1.82, 2.24) is 9.62 Å². The number of hydrogen-bond donors (Lipinski definition) is 2. The highest BCUT2D eigenvalue weighted by molar-refractivity contribution is 7.89. The summed E-state index contributed by atoms with van der Waals surface area (Å²) >= 11 is 0. The molecule has 0 aromatic heterocycles. The van der Waals surface area contributed by atoms with Gasteiger partial charge >= 0.3 is 5.97 Å². The largest absolute Gasteiger partial charge is 0.481 e. The third-order valence-electron chi connectivity index (χ3n) is 3.19. The summed E-state index contributed by atoms with van der Waals surface area (Å²) in [4.78, 5) is 12.7. The van der Waals surface area contributed by atoms with Crippen LogP contribution < -0.4 is 4.72 Å². The number of nitrogens with one attached hydrogen (secondary N) is 1. The fourth-order valence-electron chi connectivity index (χ4n) is 1.70. The molecule has 6 nitrogen and oxygen atoms in total. The molecule has 1 aromatic carbocycles. The van der Waals surface area contributed by atoms with Gasteiger partial charge in [-0.3, -0.25) is 4.79 Å². The molecule has 7 heteroatoms. The van der Waals surface area contributed by atoms with Crippen LogP contribution in [0.2, 0.25) is 0 Å². The van der Waals surface area contributed by atoms with Crippen molar-refractivity contribution in [1.29, 1.82) is 0 Å². The highest BCUT2D eigenvalue weighted by atomic mass is 32.2. The van der Waals surface area contributed by atoms with Gasteiger partial charge in [0.2, 0.25) is 10.0 Å². The van der Waals surface area contributed by atoms with Gasteiger partial charge in [0.15, 0.2) is 0 Å². The Hall–Kier alpha value is -1.44. The van der Waals surface area contributed by atoms with E-state index in [1.54, 1.807) is 12.1 Å². The van der Waals surface area contributed by atoms with Gasteiger partial charge in [-0.2, -0.15) is 0 Å². The molecule has 0 radical (unpaired) electrons. The fourth-order valence-corrected chi connectivity index (χ4v) is 2.72. The number of carboxylic acids is 1. The highest BCUT2D eigenvalue weighted by Gasteiger charge is 2.13. The van der Waals surface area contributed by atoms with Gasteiger partial charge in [-0.1, -0.05) is 19.1 Å². The number of benzene rings is 1. The van der Waals surface area contributed by atoms with E-state index in [-0.39, 0.29) is 11.3 Å². The van der Waals surface area contributed by atoms with Crippen LogP contribution in [0, 0.1) is 0 Å². The topological polar surface area (TPSA) is 86.7 Å². The molecule has 0 unspecified atom stereocenters. The van der Waals surface area contributed by atoms with E-state index in [9.17, 15) is 13.2 Å². The van der Waals surface area contributed by atoms with Crippen LogP contribution in [0.15, 0.2) is 29.2 Å². The molecular weight excluding hydrogens is 292 g/mol. The lowest BCUT2D eigenvalue weighted by Crippen LogP contribution is -2.32. The predicted molar refractivity (Wildman–Crippen MR) is 80.8 cm³/mol. The lowest BCUT2D eigenvalue weighted by molar-refractivity contribution is -0.136. The molecule has 0 aliphatic rings. The number of likely N-dealkylation sites (N-methyl/N-ethyl adjacent to an activating group) is 1. The van der Waals surface area contributed by atoms with Crippen LogP contribution >= 0.6 is 0 Å². The summed E-state index contributed by atoms with van der Waals surface area (Å²) < 4.78 is 26.7. The highest BCUT2D eigenvalue weighted by Crippen LogP contribution is 2.11. The second-order valence-corrected chi connectivity index (χ2v) is 6.60. The summed E-state index contributed by atoms with van der Waals surface area (Å²) in [5, 5.41) is 8.61. The zero-order valence-corrected chi connectivity index (χ0v) is 13.2. The maximum absolute atomic E-state index is 12.1. The van der Waals surface area contributed by atoms with Gasteiger partial charge in [-0.25, -0.2) is 13.1 Å². The summed E-state index contributed by atoms with van der Waals surface area (Å²) in [7, 11) is -1.58. The normalized spacial score (nSPS) is 11.8. The minimum absolute atomic E-state index is 0.0354. The zero-order chi connectivity index (χ0) is 15.9. The SMILES string of the molecule is CCN(C)CCNS(=O)(=O)c1ccc(CCC(=O)O)cc1. The lowest BCUT2D eigenvalue weighted by Gasteiger charge is -2.14. The van der Waals surface area contributed by atoms with Gasteiger partial charge in [0.1, 0.15) is 0 Å². The molecule has 0 aliphatic carbocycles. The number of hydrogen-bond acceptors (Lipinski definition) is 4. The zero-order valence-electron chi connectivity index (χ0n) is 12.4. The van der Waals surface area contributed by atoms with Crippen molar-refractivity contribution in [2.75, 3.05) is 26.7 Å². The number of rotatable bonds is 9. The molecule has 0 saturated carbocycles. The van der Waals surface area contributed by atoms with Gasteiger partial charge in [0, 0.05) is 19.5 Å². The van der Waals surface area contributed by atoms with E-state index in [0.29, 0.717) is 19.5 Å². The van der Waals surface area contributed by atoms with E-state index in [4.69, 9.17) is 5.11 Å². The predicted octanol–water partition coefficient (Wildman–Crippen LogP) is 0.934. The summed E-state index contributed by atoms with van der Waals surface area (Å²) in [5.74, 6) is -0.867. The molecule has 0 atom stereocenters.